The predicted octanol–water partition coefficient (Wildman–Crippen LogP) is 7.34. The summed E-state index contributed by atoms with van der Waals surface area (Å²) in [5, 5.41) is 2.51. The summed E-state index contributed by atoms with van der Waals surface area (Å²) in [6.07, 6.45) is 0. The maximum atomic E-state index is 12.6. The zero-order valence-electron chi connectivity index (χ0n) is 17.6. The number of benzene rings is 2. The van der Waals surface area contributed by atoms with E-state index in [1.807, 2.05) is 6.92 Å². The maximum Gasteiger partial charge on any atom is 0.334 e. The number of methoxy groups -OCH3 is 1. The summed E-state index contributed by atoms with van der Waals surface area (Å²) in [6, 6.07) is 12.8. The summed E-state index contributed by atoms with van der Waals surface area (Å²) in [5.41, 5.74) is 6.42. The standard InChI is InChI=1S/C25H24O2S2/c1-13-16(4)28-23-18(13)9-7-11-20(23)22(15(3)25(26)27-6)21-12-8-10-19-14(2)17(5)29-24(19)21/h7-12H,1-6H3. The predicted molar refractivity (Wildman–Crippen MR) is 126 cm³/mol. The van der Waals surface area contributed by atoms with E-state index in [1.54, 1.807) is 22.7 Å². The smallest absolute Gasteiger partial charge is 0.334 e. The van der Waals surface area contributed by atoms with Crippen molar-refractivity contribution in [1.82, 2.24) is 0 Å². The van der Waals surface area contributed by atoms with Gasteiger partial charge in [0.15, 0.2) is 0 Å². The van der Waals surface area contributed by atoms with Gasteiger partial charge in [0.05, 0.1) is 7.11 Å². The lowest BCUT2D eigenvalue weighted by molar-refractivity contribution is -0.135. The molecule has 4 aromatic rings. The summed E-state index contributed by atoms with van der Waals surface area (Å²) in [6.45, 7) is 10.5. The average molecular weight is 421 g/mol. The first kappa shape index (κ1) is 19.9. The second kappa shape index (κ2) is 7.43. The fraction of sp³-hybridized carbons (Fsp3) is 0.240. The molecule has 2 aromatic heterocycles. The first-order valence-electron chi connectivity index (χ1n) is 9.62. The van der Waals surface area contributed by atoms with Gasteiger partial charge in [0.1, 0.15) is 0 Å². The molecule has 0 amide bonds. The third-order valence-corrected chi connectivity index (χ3v) is 8.32. The van der Waals surface area contributed by atoms with E-state index in [2.05, 4.69) is 64.1 Å². The van der Waals surface area contributed by atoms with Crippen LogP contribution < -0.4 is 0 Å². The highest BCUT2D eigenvalue weighted by Gasteiger charge is 2.22. The van der Waals surface area contributed by atoms with Crippen LogP contribution in [0.5, 0.6) is 0 Å². The van der Waals surface area contributed by atoms with Crippen LogP contribution in [0, 0.1) is 27.7 Å². The van der Waals surface area contributed by atoms with E-state index < -0.39 is 0 Å². The molecular formula is C25H24O2S2. The van der Waals surface area contributed by atoms with Crippen LogP contribution in [0.3, 0.4) is 0 Å². The van der Waals surface area contributed by atoms with E-state index in [4.69, 9.17) is 4.74 Å². The Kier molecular flexibility index (Phi) is 5.09. The molecule has 4 rings (SSSR count). The van der Waals surface area contributed by atoms with Crippen LogP contribution in [0.1, 0.15) is 38.9 Å². The number of hydrogen-bond donors (Lipinski definition) is 0. The molecule has 0 N–H and O–H groups in total. The van der Waals surface area contributed by atoms with Crippen LogP contribution in [0.2, 0.25) is 0 Å². The van der Waals surface area contributed by atoms with E-state index >= 15 is 0 Å². The molecule has 2 nitrogen and oxygen atoms in total. The summed E-state index contributed by atoms with van der Waals surface area (Å²) in [5.74, 6) is -0.288. The van der Waals surface area contributed by atoms with Crippen molar-refractivity contribution in [2.75, 3.05) is 7.11 Å². The lowest BCUT2D eigenvalue weighted by Gasteiger charge is -2.14. The maximum absolute atomic E-state index is 12.6. The van der Waals surface area contributed by atoms with E-state index in [9.17, 15) is 4.79 Å². The molecule has 0 saturated carbocycles. The Morgan fingerprint density at radius 3 is 1.66 bits per heavy atom. The number of aryl methyl sites for hydroxylation is 4. The summed E-state index contributed by atoms with van der Waals surface area (Å²) in [4.78, 5) is 15.3. The molecule has 29 heavy (non-hydrogen) atoms. The summed E-state index contributed by atoms with van der Waals surface area (Å²) >= 11 is 3.59. The fourth-order valence-electron chi connectivity index (χ4n) is 3.92. The monoisotopic (exact) mass is 420 g/mol. The number of carbonyl (C=O) groups is 1. The summed E-state index contributed by atoms with van der Waals surface area (Å²) < 4.78 is 7.58. The SMILES string of the molecule is COC(=O)C(C)=C(c1cccc2c(C)c(C)sc12)c1cccc2c(C)c(C)sc12. The molecule has 0 bridgehead atoms. The third kappa shape index (κ3) is 3.11. The Labute approximate surface area is 179 Å². The lowest BCUT2D eigenvalue weighted by Crippen LogP contribution is -2.06. The van der Waals surface area contributed by atoms with Crippen molar-refractivity contribution in [2.45, 2.75) is 34.6 Å². The largest absolute Gasteiger partial charge is 0.466 e. The Morgan fingerprint density at radius 1 is 0.793 bits per heavy atom. The highest BCUT2D eigenvalue weighted by molar-refractivity contribution is 7.20. The number of fused-ring (bicyclic) bond motifs is 2. The number of hydrogen-bond acceptors (Lipinski definition) is 4. The zero-order valence-corrected chi connectivity index (χ0v) is 19.2. The molecule has 148 valence electrons. The van der Waals surface area contributed by atoms with E-state index in [0.717, 1.165) is 16.7 Å². The van der Waals surface area contributed by atoms with Crippen LogP contribution in [-0.2, 0) is 9.53 Å². The van der Waals surface area contributed by atoms with E-state index in [-0.39, 0.29) is 5.97 Å². The summed E-state index contributed by atoms with van der Waals surface area (Å²) in [7, 11) is 1.45. The molecule has 0 aliphatic rings. The van der Waals surface area contributed by atoms with Crippen LogP contribution in [-0.4, -0.2) is 13.1 Å². The van der Waals surface area contributed by atoms with Gasteiger partial charge < -0.3 is 4.74 Å². The van der Waals surface area contributed by atoms with Gasteiger partial charge in [-0.1, -0.05) is 36.4 Å². The third-order valence-electron chi connectivity index (χ3n) is 5.81. The number of thiophene rings is 2. The molecular weight excluding hydrogens is 396 g/mol. The van der Waals surface area contributed by atoms with Crippen molar-refractivity contribution in [3.8, 4) is 0 Å². The van der Waals surface area contributed by atoms with Gasteiger partial charge in [-0.05, 0) is 56.5 Å². The van der Waals surface area contributed by atoms with Crippen molar-refractivity contribution < 1.29 is 9.53 Å². The van der Waals surface area contributed by atoms with Gasteiger partial charge in [-0.15, -0.1) is 22.7 Å². The molecule has 4 heteroatoms. The van der Waals surface area contributed by atoms with Gasteiger partial charge in [-0.25, -0.2) is 4.79 Å². The Morgan fingerprint density at radius 2 is 1.24 bits per heavy atom. The average Bonchev–Trinajstić information content (AvgIpc) is 3.18. The van der Waals surface area contributed by atoms with Gasteiger partial charge in [0.2, 0.25) is 0 Å². The van der Waals surface area contributed by atoms with Crippen LogP contribution in [0.4, 0.5) is 0 Å². The Bertz CT molecular complexity index is 1210. The van der Waals surface area contributed by atoms with Crippen molar-refractivity contribution in [1.29, 1.82) is 0 Å². The van der Waals surface area contributed by atoms with Gasteiger partial charge in [-0.2, -0.15) is 0 Å². The van der Waals surface area contributed by atoms with Crippen molar-refractivity contribution in [3.63, 3.8) is 0 Å². The molecule has 0 spiro atoms. The van der Waals surface area contributed by atoms with Crippen LogP contribution in [0.25, 0.3) is 25.7 Å². The molecule has 0 atom stereocenters. The number of ether oxygens (including phenoxy) is 1. The van der Waals surface area contributed by atoms with E-state index in [0.29, 0.717) is 5.57 Å². The number of carbonyl (C=O) groups excluding carboxylic acids is 1. The lowest BCUT2D eigenvalue weighted by atomic mass is 9.91. The Hall–Kier alpha value is -2.43. The topological polar surface area (TPSA) is 26.3 Å². The Balaban J connectivity index is 2.14. The number of rotatable bonds is 3. The highest BCUT2D eigenvalue weighted by Crippen LogP contribution is 2.43. The van der Waals surface area contributed by atoms with E-state index in [1.165, 1.54) is 48.2 Å². The minimum Gasteiger partial charge on any atom is -0.466 e. The molecule has 2 heterocycles. The quantitative estimate of drug-likeness (QED) is 0.256. The molecule has 0 unspecified atom stereocenters. The highest BCUT2D eigenvalue weighted by atomic mass is 32.1. The molecule has 0 saturated heterocycles. The molecule has 0 aliphatic heterocycles. The van der Waals surface area contributed by atoms with Crippen LogP contribution in [0.15, 0.2) is 42.0 Å². The van der Waals surface area contributed by atoms with Crippen molar-refractivity contribution in [2.24, 2.45) is 0 Å². The molecule has 2 aromatic carbocycles. The number of esters is 1. The molecule has 0 fully saturated rings. The second-order valence-corrected chi connectivity index (χ2v) is 9.87. The van der Waals surface area contributed by atoms with Gasteiger partial charge in [-0.3, -0.25) is 0 Å². The molecule has 0 radical (unpaired) electrons. The first-order chi connectivity index (χ1) is 13.8. The minimum atomic E-state index is -0.288. The molecule has 0 aliphatic carbocycles. The van der Waals surface area contributed by atoms with Gasteiger partial charge in [0, 0.05) is 41.4 Å². The van der Waals surface area contributed by atoms with Gasteiger partial charge >= 0.3 is 5.97 Å². The van der Waals surface area contributed by atoms with Crippen molar-refractivity contribution in [3.05, 3.63) is 74.0 Å². The second-order valence-electron chi connectivity index (χ2n) is 7.42. The fourth-order valence-corrected chi connectivity index (χ4v) is 6.28. The zero-order chi connectivity index (χ0) is 20.9. The normalized spacial score (nSPS) is 11.2. The van der Waals surface area contributed by atoms with Crippen LogP contribution >= 0.6 is 22.7 Å². The first-order valence-corrected chi connectivity index (χ1v) is 11.3. The minimum absolute atomic E-state index is 0.288. The van der Waals surface area contributed by atoms with Gasteiger partial charge in [0.25, 0.3) is 0 Å². The van der Waals surface area contributed by atoms with Crippen molar-refractivity contribution >= 4 is 54.4 Å².